The molecule has 7 heteroatoms. The third-order valence-corrected chi connectivity index (χ3v) is 1.70. The Morgan fingerprint density at radius 1 is 1.54 bits per heavy atom. The van der Waals surface area contributed by atoms with Crippen LogP contribution in [-0.2, 0) is 13.9 Å². The van der Waals surface area contributed by atoms with E-state index < -0.39 is 7.82 Å². The second-order valence-corrected chi connectivity index (χ2v) is 4.01. The van der Waals surface area contributed by atoms with Gasteiger partial charge in [0.15, 0.2) is 0 Å². The standard InChI is InChI=1S/C6H14NO5P/c1-5(2)6(8)7-3-4-12-13(9,10)11/h5H,3-4H2,1-2H3,(H,7,8)(H2,9,10,11). The smallest absolute Gasteiger partial charge is 0.354 e. The molecule has 0 bridgehead atoms. The van der Waals surface area contributed by atoms with Crippen LogP contribution in [0, 0.1) is 5.92 Å². The molecule has 6 nitrogen and oxygen atoms in total. The lowest BCUT2D eigenvalue weighted by molar-refractivity contribution is -0.124. The van der Waals surface area contributed by atoms with Gasteiger partial charge >= 0.3 is 7.82 Å². The van der Waals surface area contributed by atoms with Crippen molar-refractivity contribution in [1.29, 1.82) is 0 Å². The first-order chi connectivity index (χ1) is 5.83. The maximum atomic E-state index is 10.9. The van der Waals surface area contributed by atoms with E-state index in [2.05, 4.69) is 9.84 Å². The lowest BCUT2D eigenvalue weighted by Gasteiger charge is -2.08. The predicted octanol–water partition coefficient (Wildman–Crippen LogP) is -0.132. The molecule has 0 aliphatic carbocycles. The molecule has 0 spiro atoms. The van der Waals surface area contributed by atoms with Crippen LogP contribution >= 0.6 is 7.82 Å². The Morgan fingerprint density at radius 3 is 2.46 bits per heavy atom. The van der Waals surface area contributed by atoms with Crippen molar-refractivity contribution in [2.45, 2.75) is 13.8 Å². The predicted molar refractivity (Wildman–Crippen MR) is 45.8 cm³/mol. The van der Waals surface area contributed by atoms with E-state index in [4.69, 9.17) is 9.79 Å². The number of hydrogen-bond donors (Lipinski definition) is 3. The van der Waals surface area contributed by atoms with Crippen molar-refractivity contribution >= 4 is 13.7 Å². The zero-order chi connectivity index (χ0) is 10.5. The SMILES string of the molecule is CC(C)C(=O)NCCOP(=O)(O)O. The van der Waals surface area contributed by atoms with Gasteiger partial charge in [0, 0.05) is 12.5 Å². The van der Waals surface area contributed by atoms with Crippen LogP contribution in [0.15, 0.2) is 0 Å². The summed E-state index contributed by atoms with van der Waals surface area (Å²) in [6, 6.07) is 0. The summed E-state index contributed by atoms with van der Waals surface area (Å²) in [5.74, 6) is -0.315. The molecule has 0 aliphatic heterocycles. The lowest BCUT2D eigenvalue weighted by Crippen LogP contribution is -2.30. The number of nitrogens with one attached hydrogen (secondary N) is 1. The van der Waals surface area contributed by atoms with Gasteiger partial charge in [-0.1, -0.05) is 13.8 Å². The number of carbonyl (C=O) groups is 1. The topological polar surface area (TPSA) is 95.9 Å². The van der Waals surface area contributed by atoms with Crippen LogP contribution in [0.25, 0.3) is 0 Å². The Balaban J connectivity index is 3.47. The highest BCUT2D eigenvalue weighted by Crippen LogP contribution is 2.34. The average Bonchev–Trinajstić information content (AvgIpc) is 1.95. The van der Waals surface area contributed by atoms with Gasteiger partial charge in [0.1, 0.15) is 0 Å². The molecular weight excluding hydrogens is 197 g/mol. The summed E-state index contributed by atoms with van der Waals surface area (Å²) >= 11 is 0. The number of amides is 1. The fraction of sp³-hybridized carbons (Fsp3) is 0.833. The van der Waals surface area contributed by atoms with E-state index in [0.29, 0.717) is 0 Å². The fourth-order valence-electron chi connectivity index (χ4n) is 0.543. The molecule has 0 aromatic carbocycles. The molecule has 0 saturated heterocycles. The van der Waals surface area contributed by atoms with Gasteiger partial charge < -0.3 is 15.1 Å². The summed E-state index contributed by atoms with van der Waals surface area (Å²) in [6.45, 7) is 3.35. The minimum absolute atomic E-state index is 0.0993. The Labute approximate surface area is 76.5 Å². The number of phosphoric acid groups is 1. The molecule has 3 N–H and O–H groups in total. The lowest BCUT2D eigenvalue weighted by atomic mass is 10.2. The van der Waals surface area contributed by atoms with E-state index in [-0.39, 0.29) is 25.0 Å². The molecule has 0 aromatic rings. The van der Waals surface area contributed by atoms with Crippen molar-refractivity contribution in [1.82, 2.24) is 5.32 Å². The van der Waals surface area contributed by atoms with Crippen LogP contribution in [0.4, 0.5) is 0 Å². The van der Waals surface area contributed by atoms with Crippen molar-refractivity contribution in [3.05, 3.63) is 0 Å². The Hall–Kier alpha value is -0.420. The monoisotopic (exact) mass is 211 g/mol. The number of carbonyl (C=O) groups excluding carboxylic acids is 1. The number of phosphoric ester groups is 1. The van der Waals surface area contributed by atoms with Gasteiger partial charge in [-0.15, -0.1) is 0 Å². The van der Waals surface area contributed by atoms with E-state index in [9.17, 15) is 9.36 Å². The zero-order valence-corrected chi connectivity index (χ0v) is 8.45. The van der Waals surface area contributed by atoms with Gasteiger partial charge in [0.2, 0.25) is 5.91 Å². The van der Waals surface area contributed by atoms with Crippen molar-refractivity contribution < 1.29 is 23.7 Å². The molecule has 0 heterocycles. The summed E-state index contributed by atoms with van der Waals surface area (Å²) in [6.07, 6.45) is 0. The molecule has 0 aliphatic rings. The molecular formula is C6H14NO5P. The molecule has 0 aromatic heterocycles. The summed E-state index contributed by atoms with van der Waals surface area (Å²) in [5, 5.41) is 2.45. The molecule has 1 amide bonds. The first-order valence-corrected chi connectivity index (χ1v) is 5.34. The maximum absolute atomic E-state index is 10.9. The molecule has 0 atom stereocenters. The van der Waals surface area contributed by atoms with Crippen molar-refractivity contribution in [3.8, 4) is 0 Å². The second-order valence-electron chi connectivity index (χ2n) is 2.77. The van der Waals surface area contributed by atoms with Crippen molar-refractivity contribution in [3.63, 3.8) is 0 Å². The third kappa shape index (κ3) is 7.93. The molecule has 0 fully saturated rings. The summed E-state index contributed by atoms with van der Waals surface area (Å²) in [5.41, 5.74) is 0. The Kier molecular flexibility index (Phi) is 5.17. The third-order valence-electron chi connectivity index (χ3n) is 1.19. The highest BCUT2D eigenvalue weighted by molar-refractivity contribution is 7.46. The summed E-state index contributed by atoms with van der Waals surface area (Å²) < 4.78 is 14.3. The normalized spacial score (nSPS) is 11.8. The van der Waals surface area contributed by atoms with E-state index in [1.165, 1.54) is 0 Å². The molecule has 0 radical (unpaired) electrons. The van der Waals surface area contributed by atoms with E-state index in [1.54, 1.807) is 13.8 Å². The van der Waals surface area contributed by atoms with Crippen LogP contribution in [0.1, 0.15) is 13.8 Å². The van der Waals surface area contributed by atoms with Crippen LogP contribution in [0.3, 0.4) is 0 Å². The van der Waals surface area contributed by atoms with Crippen LogP contribution < -0.4 is 5.32 Å². The minimum atomic E-state index is -4.40. The van der Waals surface area contributed by atoms with Crippen molar-refractivity contribution in [2.75, 3.05) is 13.2 Å². The van der Waals surface area contributed by atoms with Crippen LogP contribution in [-0.4, -0.2) is 28.8 Å². The van der Waals surface area contributed by atoms with Gasteiger partial charge in [-0.25, -0.2) is 4.57 Å². The van der Waals surface area contributed by atoms with Crippen molar-refractivity contribution in [2.24, 2.45) is 5.92 Å². The van der Waals surface area contributed by atoms with Gasteiger partial charge in [0.25, 0.3) is 0 Å². The van der Waals surface area contributed by atoms with E-state index in [1.807, 2.05) is 0 Å². The van der Waals surface area contributed by atoms with Gasteiger partial charge in [-0.2, -0.15) is 0 Å². The zero-order valence-electron chi connectivity index (χ0n) is 7.56. The first-order valence-electron chi connectivity index (χ1n) is 3.80. The highest BCUT2D eigenvalue weighted by Gasteiger charge is 2.13. The maximum Gasteiger partial charge on any atom is 0.469 e. The number of hydrogen-bond acceptors (Lipinski definition) is 3. The molecule has 0 rings (SSSR count). The quantitative estimate of drug-likeness (QED) is 0.434. The van der Waals surface area contributed by atoms with Gasteiger partial charge in [-0.05, 0) is 0 Å². The van der Waals surface area contributed by atoms with E-state index in [0.717, 1.165) is 0 Å². The molecule has 78 valence electrons. The minimum Gasteiger partial charge on any atom is -0.354 e. The molecule has 0 saturated carbocycles. The Bertz CT molecular complexity index is 211. The van der Waals surface area contributed by atoms with Crippen LogP contribution in [0.2, 0.25) is 0 Å². The average molecular weight is 211 g/mol. The highest BCUT2D eigenvalue weighted by atomic mass is 31.2. The fourth-order valence-corrected chi connectivity index (χ4v) is 0.872. The van der Waals surface area contributed by atoms with Gasteiger partial charge in [0.05, 0.1) is 6.61 Å². The summed E-state index contributed by atoms with van der Waals surface area (Å²) in [7, 11) is -4.40. The second kappa shape index (κ2) is 5.34. The summed E-state index contributed by atoms with van der Waals surface area (Å²) in [4.78, 5) is 27.4. The molecule has 13 heavy (non-hydrogen) atoms. The Morgan fingerprint density at radius 2 is 2.08 bits per heavy atom. The van der Waals surface area contributed by atoms with Crippen LogP contribution in [0.5, 0.6) is 0 Å². The van der Waals surface area contributed by atoms with Gasteiger partial charge in [-0.3, -0.25) is 9.32 Å². The largest absolute Gasteiger partial charge is 0.469 e. The first kappa shape index (κ1) is 12.6. The van der Waals surface area contributed by atoms with E-state index >= 15 is 0 Å². The number of rotatable bonds is 5. The molecule has 0 unspecified atom stereocenters.